The summed E-state index contributed by atoms with van der Waals surface area (Å²) in [5, 5.41) is 9.30. The fourth-order valence-electron chi connectivity index (χ4n) is 1.33. The molecule has 8 nitrogen and oxygen atoms in total. The van der Waals surface area contributed by atoms with Crippen LogP contribution in [0.5, 0.6) is 0 Å². The van der Waals surface area contributed by atoms with Crippen LogP contribution in [0.25, 0.3) is 0 Å². The maximum Gasteiger partial charge on any atom is 0.330 e. The lowest BCUT2D eigenvalue weighted by atomic mass is 10.1. The Bertz CT molecular complexity index is 397. The van der Waals surface area contributed by atoms with Crippen molar-refractivity contribution < 1.29 is 28.6 Å². The number of hydrogen-bond donors (Lipinski definition) is 2. The largest absolute Gasteiger partial charge is 0.437 e. The average molecular weight is 316 g/mol. The van der Waals surface area contributed by atoms with Gasteiger partial charge in [-0.2, -0.15) is 0 Å². The second kappa shape index (κ2) is 10.9. The third-order valence-electron chi connectivity index (χ3n) is 2.77. The lowest BCUT2D eigenvalue weighted by Gasteiger charge is -2.19. The molecular weight excluding hydrogens is 292 g/mol. The summed E-state index contributed by atoms with van der Waals surface area (Å²) < 4.78 is 14.9. The minimum Gasteiger partial charge on any atom is -0.437 e. The van der Waals surface area contributed by atoms with E-state index in [1.165, 1.54) is 14.0 Å². The molecule has 0 rings (SSSR count). The Kier molecular flexibility index (Phi) is 9.97. The second-order valence-corrected chi connectivity index (χ2v) is 4.89. The van der Waals surface area contributed by atoms with Crippen molar-refractivity contribution in [1.29, 1.82) is 5.41 Å². The van der Waals surface area contributed by atoms with Crippen LogP contribution in [0.1, 0.15) is 33.6 Å². The van der Waals surface area contributed by atoms with E-state index in [4.69, 9.17) is 19.6 Å². The van der Waals surface area contributed by atoms with Crippen molar-refractivity contribution in [3.63, 3.8) is 0 Å². The molecule has 2 N–H and O–H groups in total. The van der Waals surface area contributed by atoms with Crippen molar-refractivity contribution >= 4 is 23.9 Å². The molecule has 0 aromatic carbocycles. The van der Waals surface area contributed by atoms with E-state index in [0.717, 1.165) is 0 Å². The van der Waals surface area contributed by atoms with Gasteiger partial charge in [-0.3, -0.25) is 9.59 Å². The maximum absolute atomic E-state index is 11.9. The number of carbonyl (C=O) groups excluding carboxylic acids is 3. The van der Waals surface area contributed by atoms with Crippen LogP contribution in [-0.4, -0.2) is 56.0 Å². The molecule has 0 unspecified atom stereocenters. The molecule has 8 heteroatoms. The predicted molar refractivity (Wildman–Crippen MR) is 78.6 cm³/mol. The van der Waals surface area contributed by atoms with E-state index >= 15 is 0 Å². The predicted octanol–water partition coefficient (Wildman–Crippen LogP) is 0.431. The lowest BCUT2D eigenvalue weighted by Crippen LogP contribution is -2.46. The monoisotopic (exact) mass is 316 g/mol. The Morgan fingerprint density at radius 3 is 2.36 bits per heavy atom. The number of esters is 1. The van der Waals surface area contributed by atoms with Gasteiger partial charge in [-0.1, -0.05) is 0 Å². The number of amides is 1. The van der Waals surface area contributed by atoms with E-state index in [1.54, 1.807) is 13.8 Å². The number of methoxy groups -OCH3 is 1. The van der Waals surface area contributed by atoms with Crippen molar-refractivity contribution in [3.8, 4) is 0 Å². The van der Waals surface area contributed by atoms with Gasteiger partial charge in [0.05, 0.1) is 12.3 Å². The van der Waals surface area contributed by atoms with E-state index in [0.29, 0.717) is 6.21 Å². The van der Waals surface area contributed by atoms with Crippen molar-refractivity contribution in [3.05, 3.63) is 0 Å². The van der Waals surface area contributed by atoms with Gasteiger partial charge in [-0.05, 0) is 27.2 Å². The number of rotatable bonds is 11. The molecule has 2 atom stereocenters. The van der Waals surface area contributed by atoms with Gasteiger partial charge in [0.15, 0.2) is 12.6 Å². The molecule has 0 fully saturated rings. The molecule has 0 saturated heterocycles. The average Bonchev–Trinajstić information content (AvgIpc) is 2.49. The molecule has 0 aromatic rings. The molecule has 0 aliphatic rings. The van der Waals surface area contributed by atoms with Crippen LogP contribution in [0.4, 0.5) is 0 Å². The number of carbonyl (C=O) groups is 3. The Morgan fingerprint density at radius 1 is 1.23 bits per heavy atom. The van der Waals surface area contributed by atoms with Crippen LogP contribution in [0.3, 0.4) is 0 Å². The smallest absolute Gasteiger partial charge is 0.330 e. The van der Waals surface area contributed by atoms with E-state index in [-0.39, 0.29) is 25.7 Å². The van der Waals surface area contributed by atoms with Gasteiger partial charge in [0.1, 0.15) is 12.1 Å². The maximum atomic E-state index is 11.9. The summed E-state index contributed by atoms with van der Waals surface area (Å²) in [5.41, 5.74) is 0. The zero-order valence-corrected chi connectivity index (χ0v) is 13.4. The summed E-state index contributed by atoms with van der Waals surface area (Å²) in [6, 6.07) is -0.996. The Labute approximate surface area is 130 Å². The Hall–Kier alpha value is -1.80. The van der Waals surface area contributed by atoms with E-state index < -0.39 is 29.8 Å². The molecule has 0 aliphatic heterocycles. The van der Waals surface area contributed by atoms with Crippen LogP contribution in [0, 0.1) is 5.41 Å². The quantitative estimate of drug-likeness (QED) is 0.324. The fraction of sp³-hybridized carbons (Fsp3) is 0.714. The molecule has 22 heavy (non-hydrogen) atoms. The van der Waals surface area contributed by atoms with Crippen LogP contribution in [0.15, 0.2) is 0 Å². The highest BCUT2D eigenvalue weighted by molar-refractivity contribution is 6.26. The summed E-state index contributed by atoms with van der Waals surface area (Å²) in [6.45, 7) is 4.87. The van der Waals surface area contributed by atoms with Crippen molar-refractivity contribution in [2.45, 2.75) is 51.9 Å². The molecular formula is C14H24N2O6. The number of nitrogens with one attached hydrogen (secondary N) is 2. The number of ketones is 1. The molecule has 0 saturated carbocycles. The highest BCUT2D eigenvalue weighted by atomic mass is 16.7. The first kappa shape index (κ1) is 20.2. The van der Waals surface area contributed by atoms with Gasteiger partial charge in [0, 0.05) is 13.5 Å². The standard InChI is InChI=1S/C14H24N2O6/c1-9(2)21-8-22-14(19)12(6-5-11(17)7-15)16-13(18)10(3)20-4/h7,9-10,12,15H,5-6,8H2,1-4H3,(H,16,18)/t10-,12-/m0/s1. The highest BCUT2D eigenvalue weighted by Gasteiger charge is 2.25. The third-order valence-corrected chi connectivity index (χ3v) is 2.77. The lowest BCUT2D eigenvalue weighted by molar-refractivity contribution is -0.163. The minimum atomic E-state index is -0.996. The summed E-state index contributed by atoms with van der Waals surface area (Å²) in [5.74, 6) is -1.63. The molecule has 0 heterocycles. The van der Waals surface area contributed by atoms with Crippen molar-refractivity contribution in [2.75, 3.05) is 13.9 Å². The summed E-state index contributed by atoms with van der Waals surface area (Å²) in [7, 11) is 1.37. The summed E-state index contributed by atoms with van der Waals surface area (Å²) in [6.07, 6.45) is -0.175. The van der Waals surface area contributed by atoms with E-state index in [2.05, 4.69) is 5.32 Å². The van der Waals surface area contributed by atoms with Crippen molar-refractivity contribution in [1.82, 2.24) is 5.32 Å². The van der Waals surface area contributed by atoms with E-state index in [9.17, 15) is 14.4 Å². The van der Waals surface area contributed by atoms with Gasteiger partial charge in [0.25, 0.3) is 0 Å². The van der Waals surface area contributed by atoms with Crippen LogP contribution in [-0.2, 0) is 28.6 Å². The first-order valence-corrected chi connectivity index (χ1v) is 6.96. The topological polar surface area (TPSA) is 115 Å². The first-order chi connectivity index (χ1) is 10.3. The molecule has 126 valence electrons. The van der Waals surface area contributed by atoms with Crippen LogP contribution < -0.4 is 5.32 Å². The number of ether oxygens (including phenoxy) is 3. The molecule has 0 aromatic heterocycles. The van der Waals surface area contributed by atoms with Gasteiger partial charge in [-0.15, -0.1) is 0 Å². The SMILES string of the molecule is CO[C@@H](C)C(=O)N[C@@H](CCC(=O)C=N)C(=O)OCOC(C)C. The van der Waals surface area contributed by atoms with Gasteiger partial charge >= 0.3 is 5.97 Å². The molecule has 0 spiro atoms. The highest BCUT2D eigenvalue weighted by Crippen LogP contribution is 2.03. The fourth-order valence-corrected chi connectivity index (χ4v) is 1.33. The van der Waals surface area contributed by atoms with E-state index in [1.807, 2.05) is 0 Å². The first-order valence-electron chi connectivity index (χ1n) is 6.96. The molecule has 0 bridgehead atoms. The van der Waals surface area contributed by atoms with Crippen LogP contribution in [0.2, 0.25) is 0 Å². The second-order valence-electron chi connectivity index (χ2n) is 4.89. The van der Waals surface area contributed by atoms with Gasteiger partial charge in [0.2, 0.25) is 5.91 Å². The van der Waals surface area contributed by atoms with Crippen molar-refractivity contribution in [2.24, 2.45) is 0 Å². The Balaban J connectivity index is 4.61. The summed E-state index contributed by atoms with van der Waals surface area (Å²) in [4.78, 5) is 34.9. The zero-order chi connectivity index (χ0) is 17.1. The third kappa shape index (κ3) is 8.48. The molecule has 0 radical (unpaired) electrons. The zero-order valence-electron chi connectivity index (χ0n) is 13.4. The summed E-state index contributed by atoms with van der Waals surface area (Å²) >= 11 is 0. The number of hydrogen-bond acceptors (Lipinski definition) is 7. The minimum absolute atomic E-state index is 0.0386. The molecule has 1 amide bonds. The van der Waals surface area contributed by atoms with Gasteiger partial charge in [-0.25, -0.2) is 4.79 Å². The molecule has 0 aliphatic carbocycles. The van der Waals surface area contributed by atoms with Crippen LogP contribution >= 0.6 is 0 Å². The number of Topliss-reactive ketones (excluding diaryl/α,β-unsaturated/α-hetero) is 1. The normalized spacial score (nSPS) is 13.3. The Morgan fingerprint density at radius 2 is 1.86 bits per heavy atom. The van der Waals surface area contributed by atoms with Gasteiger partial charge < -0.3 is 24.9 Å².